The van der Waals surface area contributed by atoms with Crippen molar-refractivity contribution in [2.75, 3.05) is 0 Å². The molecule has 23 heavy (non-hydrogen) atoms. The number of nitrogens with one attached hydrogen (secondary N) is 1. The van der Waals surface area contributed by atoms with Crippen molar-refractivity contribution in [2.24, 2.45) is 0 Å². The van der Waals surface area contributed by atoms with Crippen LogP contribution in [0.5, 0.6) is 0 Å². The van der Waals surface area contributed by atoms with Gasteiger partial charge in [-0.2, -0.15) is 0 Å². The number of pyridine rings is 2. The highest BCUT2D eigenvalue weighted by atomic mass is 35.5. The van der Waals surface area contributed by atoms with E-state index in [0.717, 1.165) is 16.8 Å². The van der Waals surface area contributed by atoms with Crippen molar-refractivity contribution in [3.63, 3.8) is 0 Å². The van der Waals surface area contributed by atoms with E-state index in [1.807, 2.05) is 24.3 Å². The number of aromatic nitrogens is 2. The largest absolute Gasteiger partial charge is 0.348 e. The highest BCUT2D eigenvalue weighted by molar-refractivity contribution is 6.33. The van der Waals surface area contributed by atoms with Gasteiger partial charge in [-0.25, -0.2) is 0 Å². The minimum atomic E-state index is -0.196. The molecule has 0 saturated carbocycles. The molecule has 1 amide bonds. The first kappa shape index (κ1) is 15.2. The van der Waals surface area contributed by atoms with Crippen LogP contribution >= 0.6 is 11.6 Å². The Hall–Kier alpha value is -2.72. The fourth-order valence-corrected chi connectivity index (χ4v) is 2.41. The molecular formula is C18H14ClN3O. The standard InChI is InChI=1S/C18H14ClN3O/c19-16-4-2-1-3-15(16)18(23)22-12-13-5-10-21-17(11-13)14-6-8-20-9-7-14/h1-11H,12H2,(H,22,23). The lowest BCUT2D eigenvalue weighted by atomic mass is 10.1. The number of carbonyl (C=O) groups is 1. The zero-order chi connectivity index (χ0) is 16.1. The van der Waals surface area contributed by atoms with Gasteiger partial charge in [0.2, 0.25) is 0 Å². The molecule has 4 nitrogen and oxygen atoms in total. The van der Waals surface area contributed by atoms with Crippen LogP contribution in [0.25, 0.3) is 11.3 Å². The van der Waals surface area contributed by atoms with Crippen LogP contribution in [-0.4, -0.2) is 15.9 Å². The van der Waals surface area contributed by atoms with E-state index in [0.29, 0.717) is 17.1 Å². The number of amides is 1. The van der Waals surface area contributed by atoms with Crippen LogP contribution in [0.4, 0.5) is 0 Å². The first-order valence-electron chi connectivity index (χ1n) is 7.12. The van der Waals surface area contributed by atoms with Crippen molar-refractivity contribution in [3.8, 4) is 11.3 Å². The van der Waals surface area contributed by atoms with E-state index in [9.17, 15) is 4.79 Å². The summed E-state index contributed by atoms with van der Waals surface area (Å²) in [5.74, 6) is -0.196. The maximum atomic E-state index is 12.2. The van der Waals surface area contributed by atoms with Gasteiger partial charge in [-0.05, 0) is 42.0 Å². The van der Waals surface area contributed by atoms with Crippen LogP contribution in [0.15, 0.2) is 67.1 Å². The van der Waals surface area contributed by atoms with E-state index in [4.69, 9.17) is 11.6 Å². The average molecular weight is 324 g/mol. The van der Waals surface area contributed by atoms with Gasteiger partial charge in [0, 0.05) is 30.7 Å². The van der Waals surface area contributed by atoms with Crippen molar-refractivity contribution >= 4 is 17.5 Å². The third kappa shape index (κ3) is 3.73. The maximum Gasteiger partial charge on any atom is 0.253 e. The molecule has 0 atom stereocenters. The molecule has 0 aliphatic carbocycles. The molecule has 0 unspecified atom stereocenters. The van der Waals surface area contributed by atoms with E-state index in [2.05, 4.69) is 15.3 Å². The molecule has 0 fully saturated rings. The molecule has 5 heteroatoms. The second-order valence-corrected chi connectivity index (χ2v) is 5.35. The molecule has 3 aromatic rings. The molecule has 3 rings (SSSR count). The SMILES string of the molecule is O=C(NCc1ccnc(-c2ccncc2)c1)c1ccccc1Cl. The summed E-state index contributed by atoms with van der Waals surface area (Å²) in [5, 5.41) is 3.31. The lowest BCUT2D eigenvalue weighted by molar-refractivity contribution is 0.0951. The van der Waals surface area contributed by atoms with Crippen molar-refractivity contribution in [3.05, 3.63) is 83.3 Å². The zero-order valence-corrected chi connectivity index (χ0v) is 13.0. The lowest BCUT2D eigenvalue weighted by Crippen LogP contribution is -2.23. The molecule has 114 valence electrons. The van der Waals surface area contributed by atoms with Gasteiger partial charge in [-0.15, -0.1) is 0 Å². The minimum Gasteiger partial charge on any atom is -0.348 e. The first-order chi connectivity index (χ1) is 11.2. The van der Waals surface area contributed by atoms with Crippen LogP contribution in [0, 0.1) is 0 Å². The molecule has 1 aromatic carbocycles. The Kier molecular flexibility index (Phi) is 4.64. The summed E-state index contributed by atoms with van der Waals surface area (Å²) in [4.78, 5) is 20.5. The van der Waals surface area contributed by atoms with Crippen molar-refractivity contribution in [2.45, 2.75) is 6.54 Å². The number of halogens is 1. The van der Waals surface area contributed by atoms with E-state index >= 15 is 0 Å². The Labute approximate surface area is 139 Å². The fraction of sp³-hybridized carbons (Fsp3) is 0.0556. The van der Waals surface area contributed by atoms with Crippen LogP contribution in [0.3, 0.4) is 0 Å². The number of hydrogen-bond acceptors (Lipinski definition) is 3. The third-order valence-electron chi connectivity index (χ3n) is 3.37. The smallest absolute Gasteiger partial charge is 0.253 e. The van der Waals surface area contributed by atoms with Gasteiger partial charge in [0.05, 0.1) is 16.3 Å². The topological polar surface area (TPSA) is 54.9 Å². The molecule has 0 aliphatic heterocycles. The summed E-state index contributed by atoms with van der Waals surface area (Å²) >= 11 is 6.03. The predicted octanol–water partition coefficient (Wildman–Crippen LogP) is 3.73. The van der Waals surface area contributed by atoms with Gasteiger partial charge in [0.1, 0.15) is 0 Å². The van der Waals surface area contributed by atoms with Gasteiger partial charge in [0.15, 0.2) is 0 Å². The molecule has 1 N–H and O–H groups in total. The molecular weight excluding hydrogens is 310 g/mol. The Balaban J connectivity index is 1.72. The Bertz CT molecular complexity index is 821. The fourth-order valence-electron chi connectivity index (χ4n) is 2.19. The molecule has 0 bridgehead atoms. The predicted molar refractivity (Wildman–Crippen MR) is 90.1 cm³/mol. The van der Waals surface area contributed by atoms with Gasteiger partial charge in [0.25, 0.3) is 5.91 Å². The molecule has 0 spiro atoms. The normalized spacial score (nSPS) is 10.3. The summed E-state index contributed by atoms with van der Waals surface area (Å²) in [7, 11) is 0. The molecule has 2 aromatic heterocycles. The molecule has 2 heterocycles. The average Bonchev–Trinajstić information content (AvgIpc) is 2.61. The quantitative estimate of drug-likeness (QED) is 0.796. The van der Waals surface area contributed by atoms with Crippen molar-refractivity contribution in [1.29, 1.82) is 0 Å². The highest BCUT2D eigenvalue weighted by Crippen LogP contribution is 2.17. The molecule has 0 radical (unpaired) electrons. The van der Waals surface area contributed by atoms with Crippen LogP contribution in [0.2, 0.25) is 5.02 Å². The van der Waals surface area contributed by atoms with Crippen LogP contribution in [-0.2, 0) is 6.54 Å². The maximum absolute atomic E-state index is 12.2. The Morgan fingerprint density at radius 2 is 1.83 bits per heavy atom. The molecule has 0 aliphatic rings. The van der Waals surface area contributed by atoms with Gasteiger partial charge in [-0.3, -0.25) is 14.8 Å². The lowest BCUT2D eigenvalue weighted by Gasteiger charge is -2.08. The zero-order valence-electron chi connectivity index (χ0n) is 12.2. The number of hydrogen-bond donors (Lipinski definition) is 1. The number of benzene rings is 1. The number of carbonyl (C=O) groups excluding carboxylic acids is 1. The second-order valence-electron chi connectivity index (χ2n) is 4.95. The summed E-state index contributed by atoms with van der Waals surface area (Å²) in [6.45, 7) is 0.407. The highest BCUT2D eigenvalue weighted by Gasteiger charge is 2.09. The summed E-state index contributed by atoms with van der Waals surface area (Å²) in [5.41, 5.74) is 3.26. The first-order valence-corrected chi connectivity index (χ1v) is 7.50. The van der Waals surface area contributed by atoms with Gasteiger partial charge >= 0.3 is 0 Å². The molecule has 0 saturated heterocycles. The Morgan fingerprint density at radius 3 is 2.61 bits per heavy atom. The van der Waals surface area contributed by atoms with Crippen molar-refractivity contribution in [1.82, 2.24) is 15.3 Å². The second kappa shape index (κ2) is 7.03. The van der Waals surface area contributed by atoms with E-state index in [1.165, 1.54) is 0 Å². The number of nitrogens with zero attached hydrogens (tertiary/aromatic N) is 2. The van der Waals surface area contributed by atoms with Gasteiger partial charge < -0.3 is 5.32 Å². The Morgan fingerprint density at radius 1 is 1.04 bits per heavy atom. The minimum absolute atomic E-state index is 0.196. The van der Waals surface area contributed by atoms with Crippen molar-refractivity contribution < 1.29 is 4.79 Å². The van der Waals surface area contributed by atoms with Gasteiger partial charge in [-0.1, -0.05) is 23.7 Å². The van der Waals surface area contributed by atoms with E-state index in [-0.39, 0.29) is 5.91 Å². The third-order valence-corrected chi connectivity index (χ3v) is 3.70. The monoisotopic (exact) mass is 323 g/mol. The summed E-state index contributed by atoms with van der Waals surface area (Å²) in [6.07, 6.45) is 5.18. The van der Waals surface area contributed by atoms with E-state index in [1.54, 1.807) is 42.9 Å². The number of rotatable bonds is 4. The van der Waals surface area contributed by atoms with Crippen LogP contribution in [0.1, 0.15) is 15.9 Å². The van der Waals surface area contributed by atoms with Crippen LogP contribution < -0.4 is 5.32 Å². The summed E-state index contributed by atoms with van der Waals surface area (Å²) in [6, 6.07) is 14.6. The van der Waals surface area contributed by atoms with E-state index < -0.39 is 0 Å². The summed E-state index contributed by atoms with van der Waals surface area (Å²) < 4.78 is 0.